The Morgan fingerprint density at radius 1 is 1.20 bits per heavy atom. The van der Waals surface area contributed by atoms with Crippen LogP contribution in [0.25, 0.3) is 0 Å². The normalized spacial score (nSPS) is 25.3. The fraction of sp³-hybridized carbons (Fsp3) is 0.333. The van der Waals surface area contributed by atoms with Gasteiger partial charge in [0, 0.05) is 18.4 Å². The van der Waals surface area contributed by atoms with Crippen LogP contribution in [-0.2, 0) is 9.59 Å². The minimum absolute atomic E-state index is 0.0339. The second kappa shape index (κ2) is 5.98. The van der Waals surface area contributed by atoms with Crippen molar-refractivity contribution >= 4 is 17.5 Å². The van der Waals surface area contributed by atoms with Crippen molar-refractivity contribution in [2.45, 2.75) is 24.8 Å². The lowest BCUT2D eigenvalue weighted by molar-refractivity contribution is -0.127. The lowest BCUT2D eigenvalue weighted by atomic mass is 10.2. The van der Waals surface area contributed by atoms with Gasteiger partial charge < -0.3 is 14.6 Å². The molecule has 4 rings (SSSR count). The minimum Gasteiger partial charge on any atom is -0.469 e. The molecule has 2 heterocycles. The number of hydrogen-bond acceptors (Lipinski definition) is 3. The summed E-state index contributed by atoms with van der Waals surface area (Å²) in [5.41, 5.74) is -0.357. The van der Waals surface area contributed by atoms with E-state index in [-0.39, 0.29) is 30.0 Å². The van der Waals surface area contributed by atoms with E-state index in [0.29, 0.717) is 12.8 Å². The third kappa shape index (κ3) is 2.79. The fourth-order valence-corrected chi connectivity index (χ4v) is 3.36. The molecule has 5 nitrogen and oxygen atoms in total. The second-order valence-corrected chi connectivity index (χ2v) is 6.37. The highest BCUT2D eigenvalue weighted by molar-refractivity contribution is 6.02. The summed E-state index contributed by atoms with van der Waals surface area (Å²) in [5.74, 6) is -1.73. The van der Waals surface area contributed by atoms with Crippen LogP contribution in [-0.4, -0.2) is 24.4 Å². The average Bonchev–Trinajstić information content (AvgIpc) is 3.05. The maximum atomic E-state index is 13.9. The Balaban J connectivity index is 1.42. The Morgan fingerprint density at radius 3 is 2.64 bits per heavy atom. The van der Waals surface area contributed by atoms with Crippen LogP contribution in [0.3, 0.4) is 0 Å². The van der Waals surface area contributed by atoms with Gasteiger partial charge in [-0.25, -0.2) is 8.78 Å². The number of halogens is 2. The molecule has 2 aromatic rings. The Bertz CT molecular complexity index is 801. The lowest BCUT2D eigenvalue weighted by Crippen LogP contribution is -2.42. The van der Waals surface area contributed by atoms with Crippen LogP contribution in [0.4, 0.5) is 14.5 Å². The lowest BCUT2D eigenvalue weighted by Gasteiger charge is -2.18. The van der Waals surface area contributed by atoms with E-state index < -0.39 is 23.6 Å². The molecule has 0 radical (unpaired) electrons. The maximum Gasteiger partial charge on any atom is 0.249 e. The zero-order valence-electron chi connectivity index (χ0n) is 13.2. The number of rotatable bonds is 4. The van der Waals surface area contributed by atoms with Crippen LogP contribution >= 0.6 is 0 Å². The van der Waals surface area contributed by atoms with Gasteiger partial charge in [0.1, 0.15) is 29.1 Å². The molecule has 1 saturated carbocycles. The van der Waals surface area contributed by atoms with Crippen LogP contribution in [0, 0.1) is 17.6 Å². The molecule has 1 N–H and O–H groups in total. The summed E-state index contributed by atoms with van der Waals surface area (Å²) < 4.78 is 33.1. The Kier molecular flexibility index (Phi) is 3.78. The van der Waals surface area contributed by atoms with Gasteiger partial charge in [-0.2, -0.15) is 0 Å². The molecule has 2 fully saturated rings. The molecule has 2 amide bonds. The van der Waals surface area contributed by atoms with Gasteiger partial charge in [-0.15, -0.1) is 0 Å². The highest BCUT2D eigenvalue weighted by Crippen LogP contribution is 2.47. The number of nitrogens with zero attached hydrogens (tertiary/aromatic N) is 1. The van der Waals surface area contributed by atoms with Gasteiger partial charge in [0.15, 0.2) is 0 Å². The van der Waals surface area contributed by atoms with Crippen molar-refractivity contribution < 1.29 is 22.8 Å². The van der Waals surface area contributed by atoms with E-state index in [4.69, 9.17) is 4.42 Å². The quantitative estimate of drug-likeness (QED) is 0.926. The van der Waals surface area contributed by atoms with Crippen molar-refractivity contribution in [1.29, 1.82) is 0 Å². The van der Waals surface area contributed by atoms with Crippen LogP contribution < -0.4 is 10.2 Å². The minimum atomic E-state index is -0.791. The number of benzene rings is 1. The summed E-state index contributed by atoms with van der Waals surface area (Å²) in [6, 6.07) is 6.29. The number of nitrogens with one attached hydrogen (secondary N) is 1. The molecule has 3 atom stereocenters. The summed E-state index contributed by atoms with van der Waals surface area (Å²) in [7, 11) is 0. The number of hydrogen-bond donors (Lipinski definition) is 1. The van der Waals surface area contributed by atoms with Crippen molar-refractivity contribution in [3.63, 3.8) is 0 Å². The summed E-state index contributed by atoms with van der Waals surface area (Å²) in [4.78, 5) is 25.8. The number of furan rings is 1. The van der Waals surface area contributed by atoms with Gasteiger partial charge >= 0.3 is 0 Å². The number of anilines is 1. The first-order valence-corrected chi connectivity index (χ1v) is 8.15. The van der Waals surface area contributed by atoms with Crippen LogP contribution in [0.15, 0.2) is 41.0 Å². The molecule has 1 saturated heterocycles. The average molecular weight is 346 g/mol. The highest BCUT2D eigenvalue weighted by Gasteiger charge is 2.47. The van der Waals surface area contributed by atoms with E-state index in [1.54, 1.807) is 12.3 Å². The molecule has 1 aromatic heterocycles. The van der Waals surface area contributed by atoms with Crippen molar-refractivity contribution in [3.8, 4) is 0 Å². The van der Waals surface area contributed by atoms with E-state index in [0.717, 1.165) is 22.8 Å². The highest BCUT2D eigenvalue weighted by atomic mass is 19.1. The largest absolute Gasteiger partial charge is 0.469 e. The van der Waals surface area contributed by atoms with Crippen molar-refractivity contribution in [1.82, 2.24) is 5.32 Å². The number of amides is 2. The standard InChI is InChI=1S/C18H16F2N2O3/c19-12-3-1-4-13(20)16(12)22-7-6-14(18(22)24)21-17(23)11-9-10(11)15-5-2-8-25-15/h1-5,8,10-11,14H,6-7,9H2,(H,21,23)/t10-,11+,14+/m0/s1. The third-order valence-electron chi connectivity index (χ3n) is 4.77. The summed E-state index contributed by atoms with van der Waals surface area (Å²) in [5, 5.41) is 2.70. The molecule has 7 heteroatoms. The molecule has 25 heavy (non-hydrogen) atoms. The van der Waals surface area contributed by atoms with Gasteiger partial charge in [-0.3, -0.25) is 9.59 Å². The van der Waals surface area contributed by atoms with E-state index in [2.05, 4.69) is 5.32 Å². The molecule has 1 aliphatic carbocycles. The SMILES string of the molecule is O=C(N[C@@H]1CCN(c2c(F)cccc2F)C1=O)[C@@H]1C[C@@H]1c1ccco1. The maximum absolute atomic E-state index is 13.9. The molecular weight excluding hydrogens is 330 g/mol. The molecule has 0 unspecified atom stereocenters. The molecule has 0 spiro atoms. The third-order valence-corrected chi connectivity index (χ3v) is 4.77. The van der Waals surface area contributed by atoms with Gasteiger partial charge in [0.05, 0.1) is 6.26 Å². The molecule has 130 valence electrons. The van der Waals surface area contributed by atoms with E-state index in [1.165, 1.54) is 6.07 Å². The van der Waals surface area contributed by atoms with Gasteiger partial charge in [0.25, 0.3) is 0 Å². The summed E-state index contributed by atoms with van der Waals surface area (Å²) in [6.45, 7) is 0.161. The van der Waals surface area contributed by atoms with Crippen LogP contribution in [0.2, 0.25) is 0 Å². The zero-order valence-corrected chi connectivity index (χ0v) is 13.2. The zero-order chi connectivity index (χ0) is 17.6. The van der Waals surface area contributed by atoms with Crippen molar-refractivity contribution in [3.05, 3.63) is 54.0 Å². The Morgan fingerprint density at radius 2 is 1.96 bits per heavy atom. The van der Waals surface area contributed by atoms with Crippen molar-refractivity contribution in [2.75, 3.05) is 11.4 Å². The van der Waals surface area contributed by atoms with E-state index in [1.807, 2.05) is 6.07 Å². The van der Waals surface area contributed by atoms with Gasteiger partial charge in [0.2, 0.25) is 11.8 Å². The second-order valence-electron chi connectivity index (χ2n) is 6.37. The van der Waals surface area contributed by atoms with Crippen molar-refractivity contribution in [2.24, 2.45) is 5.92 Å². The van der Waals surface area contributed by atoms with Gasteiger partial charge in [-0.05, 0) is 37.1 Å². The fourth-order valence-electron chi connectivity index (χ4n) is 3.36. The first-order chi connectivity index (χ1) is 12.1. The Labute approximate surface area is 142 Å². The molecule has 1 aromatic carbocycles. The van der Waals surface area contributed by atoms with Crippen LogP contribution in [0.5, 0.6) is 0 Å². The molecule has 1 aliphatic heterocycles. The first kappa shape index (κ1) is 15.8. The number of para-hydroxylation sites is 1. The smallest absolute Gasteiger partial charge is 0.249 e. The predicted molar refractivity (Wildman–Crippen MR) is 84.8 cm³/mol. The predicted octanol–water partition coefficient (Wildman–Crippen LogP) is 2.58. The number of carbonyl (C=O) groups is 2. The monoisotopic (exact) mass is 346 g/mol. The topological polar surface area (TPSA) is 62.6 Å². The van der Waals surface area contributed by atoms with Gasteiger partial charge in [-0.1, -0.05) is 6.07 Å². The molecule has 2 aliphatic rings. The molecule has 0 bridgehead atoms. The number of carbonyl (C=O) groups excluding carboxylic acids is 2. The van der Waals surface area contributed by atoms with Crippen LogP contribution in [0.1, 0.15) is 24.5 Å². The summed E-state index contributed by atoms with van der Waals surface area (Å²) >= 11 is 0. The van der Waals surface area contributed by atoms with E-state index >= 15 is 0 Å². The first-order valence-electron chi connectivity index (χ1n) is 8.15. The Hall–Kier alpha value is -2.70. The molecular formula is C18H16F2N2O3. The summed E-state index contributed by atoms with van der Waals surface area (Å²) in [6.07, 6.45) is 2.55. The van der Waals surface area contributed by atoms with E-state index in [9.17, 15) is 18.4 Å².